The Bertz CT molecular complexity index is 1100. The molecule has 3 rings (SSSR count). The highest BCUT2D eigenvalue weighted by Gasteiger charge is 2.08. The number of hydrogen-bond donors (Lipinski definition) is 1. The van der Waals surface area contributed by atoms with Gasteiger partial charge in [0.25, 0.3) is 5.89 Å². The van der Waals surface area contributed by atoms with Crippen molar-refractivity contribution >= 4 is 23.5 Å². The second-order valence-corrected chi connectivity index (χ2v) is 6.36. The molecule has 1 aromatic carbocycles. The van der Waals surface area contributed by atoms with E-state index in [1.165, 1.54) is 18.3 Å². The molecule has 0 fully saturated rings. The number of pyridine rings is 1. The van der Waals surface area contributed by atoms with Gasteiger partial charge >= 0.3 is 0 Å². The summed E-state index contributed by atoms with van der Waals surface area (Å²) in [6.07, 6.45) is 3.83. The fourth-order valence-corrected chi connectivity index (χ4v) is 2.24. The molecule has 0 spiro atoms. The number of nitrogens with one attached hydrogen (secondary N) is 1. The molecule has 0 atom stereocenters. The summed E-state index contributed by atoms with van der Waals surface area (Å²) in [6, 6.07) is 9.17. The van der Waals surface area contributed by atoms with E-state index in [2.05, 4.69) is 20.5 Å². The summed E-state index contributed by atoms with van der Waals surface area (Å²) in [6.45, 7) is 5.92. The van der Waals surface area contributed by atoms with Gasteiger partial charge in [-0.05, 0) is 31.2 Å². The van der Waals surface area contributed by atoms with E-state index >= 15 is 0 Å². The summed E-state index contributed by atoms with van der Waals surface area (Å²) in [5.41, 5.74) is 1.18. The largest absolute Gasteiger partial charge is 0.486 e. The maximum atomic E-state index is 12.7. The van der Waals surface area contributed by atoms with Gasteiger partial charge in [-0.15, -0.1) is 10.2 Å². The topological polar surface area (TPSA) is 123 Å². The van der Waals surface area contributed by atoms with Crippen molar-refractivity contribution in [3.63, 3.8) is 0 Å². The Labute approximate surface area is 202 Å². The van der Waals surface area contributed by atoms with E-state index in [0.29, 0.717) is 35.3 Å². The van der Waals surface area contributed by atoms with Crippen molar-refractivity contribution in [1.82, 2.24) is 20.5 Å². The van der Waals surface area contributed by atoms with E-state index in [0.717, 1.165) is 11.6 Å². The number of benzene rings is 1. The van der Waals surface area contributed by atoms with Crippen molar-refractivity contribution in [3.8, 4) is 17.6 Å². The van der Waals surface area contributed by atoms with E-state index in [1.54, 1.807) is 25.4 Å². The number of rotatable bonds is 8. The maximum Gasteiger partial charge on any atom is 0.254 e. The van der Waals surface area contributed by atoms with Crippen LogP contribution < -0.4 is 14.8 Å². The van der Waals surface area contributed by atoms with Crippen LogP contribution in [0.1, 0.15) is 38.2 Å². The first-order chi connectivity index (χ1) is 16.5. The Morgan fingerprint density at radius 2 is 1.97 bits per heavy atom. The lowest BCUT2D eigenvalue weighted by molar-refractivity contribution is -0.109. The van der Waals surface area contributed by atoms with Crippen molar-refractivity contribution < 1.29 is 23.1 Å². The molecule has 0 radical (unpaired) electrons. The number of ether oxygens (including phenoxy) is 2. The van der Waals surface area contributed by atoms with Crippen LogP contribution in [-0.2, 0) is 11.4 Å². The second kappa shape index (κ2) is 15.8. The highest BCUT2D eigenvalue weighted by molar-refractivity contribution is 6.30. The normalized spacial score (nSPS) is 9.97. The summed E-state index contributed by atoms with van der Waals surface area (Å²) in [7, 11) is 1.79. The van der Waals surface area contributed by atoms with Crippen molar-refractivity contribution in [2.75, 3.05) is 13.7 Å². The Balaban J connectivity index is 0.000000353. The summed E-state index contributed by atoms with van der Waals surface area (Å²) >= 11 is 5.41. The minimum atomic E-state index is -0.555. The first kappa shape index (κ1) is 28.1. The van der Waals surface area contributed by atoms with Gasteiger partial charge < -0.3 is 19.2 Å². The smallest absolute Gasteiger partial charge is 0.254 e. The molecule has 0 aliphatic carbocycles. The lowest BCUT2D eigenvalue weighted by atomic mass is 10.3. The maximum absolute atomic E-state index is 12.7. The van der Waals surface area contributed by atoms with Gasteiger partial charge in [-0.2, -0.15) is 5.26 Å². The van der Waals surface area contributed by atoms with Crippen molar-refractivity contribution in [3.05, 3.63) is 71.0 Å². The van der Waals surface area contributed by atoms with Crippen molar-refractivity contribution in [1.29, 1.82) is 5.26 Å². The predicted molar refractivity (Wildman–Crippen MR) is 125 cm³/mol. The number of carbonyl (C=O) groups excluding carboxylic acids is 1. The van der Waals surface area contributed by atoms with Gasteiger partial charge in [0.1, 0.15) is 35.7 Å². The summed E-state index contributed by atoms with van der Waals surface area (Å²) in [5, 5.41) is 19.4. The first-order valence-corrected chi connectivity index (χ1v) is 10.5. The SMILES string of the molecule is CC.CN/C=C(\C)c1nnc(COc2ccc(C#N)nc2)o1.O=CCOc1ccc(Cl)c(F)c1. The van der Waals surface area contributed by atoms with Gasteiger partial charge in [0, 0.05) is 24.9 Å². The van der Waals surface area contributed by atoms with Crippen molar-refractivity contribution in [2.45, 2.75) is 27.4 Å². The van der Waals surface area contributed by atoms with Crippen LogP contribution in [0, 0.1) is 17.1 Å². The minimum absolute atomic E-state index is 0.0356. The number of nitrogens with zero attached hydrogens (tertiary/aromatic N) is 4. The summed E-state index contributed by atoms with van der Waals surface area (Å²) < 4.78 is 28.4. The number of allylic oxidation sites excluding steroid dienone is 1. The Kier molecular flexibility index (Phi) is 13.0. The molecule has 3 aromatic rings. The minimum Gasteiger partial charge on any atom is -0.486 e. The Hall–Kier alpha value is -3.97. The molecule has 0 saturated heterocycles. The van der Waals surface area contributed by atoms with Gasteiger partial charge in [0.2, 0.25) is 5.89 Å². The lowest BCUT2D eigenvalue weighted by Crippen LogP contribution is -1.97. The highest BCUT2D eigenvalue weighted by atomic mass is 35.5. The molecule has 0 saturated carbocycles. The average Bonchev–Trinajstić information content (AvgIpc) is 3.35. The number of carbonyl (C=O) groups is 1. The Morgan fingerprint density at radius 1 is 1.24 bits per heavy atom. The molecule has 0 amide bonds. The van der Waals surface area contributed by atoms with Gasteiger partial charge in [-0.1, -0.05) is 25.4 Å². The number of aromatic nitrogens is 3. The molecule has 34 heavy (non-hydrogen) atoms. The molecular formula is C23H25ClFN5O4. The monoisotopic (exact) mass is 489 g/mol. The van der Waals surface area contributed by atoms with Crippen LogP contribution in [0.15, 0.2) is 47.1 Å². The van der Waals surface area contributed by atoms with E-state index in [4.69, 9.17) is 30.8 Å². The third-order valence-corrected chi connectivity index (χ3v) is 3.89. The average molecular weight is 490 g/mol. The molecule has 180 valence electrons. The van der Waals surface area contributed by atoms with Gasteiger partial charge in [0.15, 0.2) is 12.9 Å². The molecule has 9 nitrogen and oxygen atoms in total. The molecule has 2 aromatic heterocycles. The zero-order chi connectivity index (χ0) is 25.3. The van der Waals surface area contributed by atoms with E-state index in [9.17, 15) is 9.18 Å². The number of aldehydes is 1. The van der Waals surface area contributed by atoms with Gasteiger partial charge in [0.05, 0.1) is 11.2 Å². The fraction of sp³-hybridized carbons (Fsp3) is 0.261. The molecule has 0 bridgehead atoms. The van der Waals surface area contributed by atoms with Crippen LogP contribution in [0.3, 0.4) is 0 Å². The first-order valence-electron chi connectivity index (χ1n) is 10.1. The van der Waals surface area contributed by atoms with E-state index in [-0.39, 0.29) is 18.2 Å². The molecular weight excluding hydrogens is 465 g/mol. The van der Waals surface area contributed by atoms with Crippen LogP contribution >= 0.6 is 11.6 Å². The van der Waals surface area contributed by atoms with Crippen molar-refractivity contribution in [2.24, 2.45) is 0 Å². The zero-order valence-corrected chi connectivity index (χ0v) is 20.0. The second-order valence-electron chi connectivity index (χ2n) is 5.95. The quantitative estimate of drug-likeness (QED) is 0.453. The number of nitriles is 1. The van der Waals surface area contributed by atoms with E-state index < -0.39 is 5.82 Å². The lowest BCUT2D eigenvalue weighted by Gasteiger charge is -2.01. The number of halogens is 2. The molecule has 0 unspecified atom stereocenters. The molecule has 0 aliphatic heterocycles. The third kappa shape index (κ3) is 9.67. The molecule has 1 N–H and O–H groups in total. The number of hydrogen-bond acceptors (Lipinski definition) is 9. The van der Waals surface area contributed by atoms with Crippen LogP contribution in [-0.4, -0.2) is 35.1 Å². The molecule has 2 heterocycles. The zero-order valence-electron chi connectivity index (χ0n) is 19.2. The van der Waals surface area contributed by atoms with E-state index in [1.807, 2.05) is 26.8 Å². The van der Waals surface area contributed by atoms with Crippen LogP contribution in [0.5, 0.6) is 11.5 Å². The van der Waals surface area contributed by atoms with Gasteiger partial charge in [-0.3, -0.25) is 4.79 Å². The van der Waals surface area contributed by atoms with Gasteiger partial charge in [-0.25, -0.2) is 9.37 Å². The standard InChI is InChI=1S/C13H13N5O2.C8H6ClFO2.C2H6/c1-9(6-15-2)13-18-17-12(20-13)8-19-11-4-3-10(5-14)16-7-11;9-7-2-1-6(5-8(7)10)12-4-3-11;1-2/h3-4,6-7,15H,8H2,1-2H3;1-3,5H,4H2;1-2H3/b9-6+;;. The molecule has 11 heteroatoms. The van der Waals surface area contributed by atoms with Crippen LogP contribution in [0.25, 0.3) is 5.57 Å². The summed E-state index contributed by atoms with van der Waals surface area (Å²) in [5.74, 6) is 1.08. The van der Waals surface area contributed by atoms with Crippen LogP contribution in [0.4, 0.5) is 4.39 Å². The highest BCUT2D eigenvalue weighted by Crippen LogP contribution is 2.20. The fourth-order valence-electron chi connectivity index (χ4n) is 2.12. The molecule has 0 aliphatic rings. The third-order valence-electron chi connectivity index (χ3n) is 3.59. The Morgan fingerprint density at radius 3 is 2.56 bits per heavy atom. The summed E-state index contributed by atoms with van der Waals surface area (Å²) in [4.78, 5) is 13.8. The predicted octanol–water partition coefficient (Wildman–Crippen LogP) is 4.58. The van der Waals surface area contributed by atoms with Crippen LogP contribution in [0.2, 0.25) is 5.02 Å².